The van der Waals surface area contributed by atoms with Gasteiger partial charge in [0.05, 0.1) is 25.4 Å². The summed E-state index contributed by atoms with van der Waals surface area (Å²) in [6.07, 6.45) is 1.63. The summed E-state index contributed by atoms with van der Waals surface area (Å²) in [4.78, 5) is 11.7. The standard InChI is InChI=1S/C20H16FN3O4S2/c1-28-20(25)19-18(8-9-29-19)30(26,27)23-16-6-7-17-14(10-16)11-22-24(17)12-13-2-4-15(21)5-3-13/h2-11,23H,12H2,1H3. The Morgan fingerprint density at radius 2 is 1.97 bits per heavy atom. The Balaban J connectivity index is 1.59. The average Bonchev–Trinajstić information content (AvgIpc) is 3.37. The second kappa shape index (κ2) is 7.88. The van der Waals surface area contributed by atoms with Gasteiger partial charge in [0.15, 0.2) is 0 Å². The molecule has 4 rings (SSSR count). The van der Waals surface area contributed by atoms with Crippen LogP contribution < -0.4 is 4.72 Å². The van der Waals surface area contributed by atoms with Crippen molar-refractivity contribution in [1.29, 1.82) is 0 Å². The van der Waals surface area contributed by atoms with Gasteiger partial charge in [-0.3, -0.25) is 9.40 Å². The van der Waals surface area contributed by atoms with E-state index >= 15 is 0 Å². The number of methoxy groups -OCH3 is 1. The van der Waals surface area contributed by atoms with Crippen molar-refractivity contribution in [2.75, 3.05) is 11.8 Å². The number of aromatic nitrogens is 2. The molecule has 0 aliphatic rings. The zero-order valence-electron chi connectivity index (χ0n) is 15.7. The molecule has 0 fully saturated rings. The number of carbonyl (C=O) groups excluding carboxylic acids is 1. The molecule has 2 aromatic carbocycles. The maximum absolute atomic E-state index is 13.1. The lowest BCUT2D eigenvalue weighted by Gasteiger charge is -2.09. The van der Waals surface area contributed by atoms with Crippen LogP contribution in [0.4, 0.5) is 10.1 Å². The number of hydrogen-bond acceptors (Lipinski definition) is 6. The van der Waals surface area contributed by atoms with E-state index in [0.29, 0.717) is 12.2 Å². The number of fused-ring (bicyclic) bond motifs is 1. The number of benzene rings is 2. The number of rotatable bonds is 6. The number of nitrogens with zero attached hydrogens (tertiary/aromatic N) is 2. The van der Waals surface area contributed by atoms with Gasteiger partial charge in [0.2, 0.25) is 0 Å². The lowest BCUT2D eigenvalue weighted by atomic mass is 10.2. The predicted octanol–water partition coefficient (Wildman–Crippen LogP) is 3.87. The molecule has 154 valence electrons. The molecule has 0 aliphatic carbocycles. The molecule has 0 amide bonds. The second-order valence-electron chi connectivity index (χ2n) is 6.41. The van der Waals surface area contributed by atoms with Crippen LogP contribution in [0.1, 0.15) is 15.2 Å². The van der Waals surface area contributed by atoms with Crippen LogP contribution in [0, 0.1) is 5.82 Å². The summed E-state index contributed by atoms with van der Waals surface area (Å²) in [5.41, 5.74) is 2.03. The summed E-state index contributed by atoms with van der Waals surface area (Å²) in [6.45, 7) is 0.451. The number of nitrogens with one attached hydrogen (secondary N) is 1. The summed E-state index contributed by atoms with van der Waals surface area (Å²) in [6, 6.07) is 12.5. The van der Waals surface area contributed by atoms with E-state index in [4.69, 9.17) is 0 Å². The fraction of sp³-hybridized carbons (Fsp3) is 0.100. The Labute approximate surface area is 175 Å². The quantitative estimate of drug-likeness (QED) is 0.455. The molecule has 0 unspecified atom stereocenters. The molecular weight excluding hydrogens is 429 g/mol. The molecular formula is C20H16FN3O4S2. The number of ether oxygens (including phenoxy) is 1. The van der Waals surface area contributed by atoms with Gasteiger partial charge in [0, 0.05) is 11.1 Å². The van der Waals surface area contributed by atoms with Crippen LogP contribution >= 0.6 is 11.3 Å². The van der Waals surface area contributed by atoms with Crippen LogP contribution in [0.25, 0.3) is 10.9 Å². The number of halogens is 1. The van der Waals surface area contributed by atoms with Gasteiger partial charge in [-0.25, -0.2) is 17.6 Å². The van der Waals surface area contributed by atoms with Crippen LogP contribution in [0.5, 0.6) is 0 Å². The zero-order chi connectivity index (χ0) is 21.3. The van der Waals surface area contributed by atoms with Crippen molar-refractivity contribution in [1.82, 2.24) is 9.78 Å². The summed E-state index contributed by atoms with van der Waals surface area (Å²) in [5, 5.41) is 6.58. The number of hydrogen-bond donors (Lipinski definition) is 1. The van der Waals surface area contributed by atoms with Crippen LogP contribution in [-0.2, 0) is 21.3 Å². The van der Waals surface area contributed by atoms with Gasteiger partial charge >= 0.3 is 5.97 Å². The van der Waals surface area contributed by atoms with Crippen LogP contribution in [0.3, 0.4) is 0 Å². The number of esters is 1. The van der Waals surface area contributed by atoms with Crippen molar-refractivity contribution in [2.24, 2.45) is 0 Å². The van der Waals surface area contributed by atoms with Gasteiger partial charge in [-0.1, -0.05) is 12.1 Å². The first-order valence-electron chi connectivity index (χ1n) is 8.76. The molecule has 7 nitrogen and oxygen atoms in total. The topological polar surface area (TPSA) is 90.3 Å². The van der Waals surface area contributed by atoms with E-state index in [2.05, 4.69) is 14.6 Å². The maximum atomic E-state index is 13.1. The Bertz CT molecular complexity index is 1330. The van der Waals surface area contributed by atoms with Gasteiger partial charge < -0.3 is 4.74 Å². The van der Waals surface area contributed by atoms with Gasteiger partial charge in [-0.2, -0.15) is 5.10 Å². The normalized spacial score (nSPS) is 11.5. The maximum Gasteiger partial charge on any atom is 0.349 e. The highest BCUT2D eigenvalue weighted by Crippen LogP contribution is 2.27. The monoisotopic (exact) mass is 445 g/mol. The summed E-state index contributed by atoms with van der Waals surface area (Å²) < 4.78 is 47.5. The van der Waals surface area contributed by atoms with E-state index in [-0.39, 0.29) is 15.6 Å². The fourth-order valence-corrected chi connectivity index (χ4v) is 5.39. The first-order chi connectivity index (χ1) is 14.4. The zero-order valence-corrected chi connectivity index (χ0v) is 17.3. The Morgan fingerprint density at radius 1 is 1.20 bits per heavy atom. The highest BCUT2D eigenvalue weighted by Gasteiger charge is 2.25. The van der Waals surface area contributed by atoms with Crippen molar-refractivity contribution in [3.8, 4) is 0 Å². The van der Waals surface area contributed by atoms with Gasteiger partial charge in [0.1, 0.15) is 15.6 Å². The van der Waals surface area contributed by atoms with E-state index in [0.717, 1.165) is 27.8 Å². The minimum absolute atomic E-state index is 0.0122. The lowest BCUT2D eigenvalue weighted by molar-refractivity contribution is 0.0602. The second-order valence-corrected chi connectivity index (χ2v) is 8.98. The fourth-order valence-electron chi connectivity index (χ4n) is 3.00. The van der Waals surface area contributed by atoms with Gasteiger partial charge in [-0.15, -0.1) is 11.3 Å². The smallest absolute Gasteiger partial charge is 0.349 e. The third-order valence-corrected chi connectivity index (χ3v) is 6.88. The highest BCUT2D eigenvalue weighted by atomic mass is 32.2. The average molecular weight is 445 g/mol. The molecule has 10 heteroatoms. The third kappa shape index (κ3) is 3.91. The molecule has 0 bridgehead atoms. The minimum atomic E-state index is -3.97. The Kier molecular flexibility index (Phi) is 5.27. The SMILES string of the molecule is COC(=O)c1sccc1S(=O)(=O)Nc1ccc2c(cnn2Cc2ccc(F)cc2)c1. The summed E-state index contributed by atoms with van der Waals surface area (Å²) in [7, 11) is -2.78. The number of anilines is 1. The van der Waals surface area contributed by atoms with Crippen molar-refractivity contribution >= 4 is 43.9 Å². The molecule has 2 aromatic heterocycles. The Morgan fingerprint density at radius 3 is 2.70 bits per heavy atom. The highest BCUT2D eigenvalue weighted by molar-refractivity contribution is 7.93. The van der Waals surface area contributed by atoms with E-state index < -0.39 is 16.0 Å². The molecule has 0 saturated carbocycles. The Hall–Kier alpha value is -3.24. The van der Waals surface area contributed by atoms with Crippen molar-refractivity contribution in [3.63, 3.8) is 0 Å². The first kappa shape index (κ1) is 20.0. The molecule has 0 spiro atoms. The van der Waals surface area contributed by atoms with E-state index in [1.807, 2.05) is 0 Å². The first-order valence-corrected chi connectivity index (χ1v) is 11.1. The molecule has 0 atom stereocenters. The third-order valence-electron chi connectivity index (χ3n) is 4.43. The van der Waals surface area contributed by atoms with E-state index in [9.17, 15) is 17.6 Å². The van der Waals surface area contributed by atoms with Gasteiger partial charge in [0.25, 0.3) is 10.0 Å². The van der Waals surface area contributed by atoms with Crippen LogP contribution in [0.15, 0.2) is 65.0 Å². The van der Waals surface area contributed by atoms with Crippen LogP contribution in [-0.4, -0.2) is 31.3 Å². The lowest BCUT2D eigenvalue weighted by Crippen LogP contribution is -2.15. The molecule has 0 aliphatic heterocycles. The molecule has 1 N–H and O–H groups in total. The van der Waals surface area contributed by atoms with Crippen LogP contribution in [0.2, 0.25) is 0 Å². The number of thiophene rings is 1. The molecule has 2 heterocycles. The minimum Gasteiger partial charge on any atom is -0.465 e. The number of carbonyl (C=O) groups is 1. The molecule has 0 saturated heterocycles. The molecule has 0 radical (unpaired) electrons. The summed E-state index contributed by atoms with van der Waals surface area (Å²) in [5.74, 6) is -1.01. The predicted molar refractivity (Wildman–Crippen MR) is 112 cm³/mol. The van der Waals surface area contributed by atoms with Gasteiger partial charge in [-0.05, 0) is 47.3 Å². The molecule has 4 aromatic rings. The van der Waals surface area contributed by atoms with Crippen molar-refractivity contribution < 1.29 is 22.3 Å². The van der Waals surface area contributed by atoms with Crippen molar-refractivity contribution in [2.45, 2.75) is 11.4 Å². The largest absolute Gasteiger partial charge is 0.465 e. The summed E-state index contributed by atoms with van der Waals surface area (Å²) >= 11 is 0.997. The van der Waals surface area contributed by atoms with E-state index in [1.165, 1.54) is 30.7 Å². The molecule has 30 heavy (non-hydrogen) atoms. The van der Waals surface area contributed by atoms with E-state index in [1.54, 1.807) is 41.2 Å². The number of sulfonamides is 1. The van der Waals surface area contributed by atoms with Crippen molar-refractivity contribution in [3.05, 3.63) is 76.4 Å².